The van der Waals surface area contributed by atoms with Crippen LogP contribution in [0.4, 0.5) is 13.6 Å². The molecule has 2 rings (SSSR count). The third-order valence-electron chi connectivity index (χ3n) is 5.17. The van der Waals surface area contributed by atoms with Crippen molar-refractivity contribution in [1.29, 1.82) is 0 Å². The fourth-order valence-corrected chi connectivity index (χ4v) is 3.76. The van der Waals surface area contributed by atoms with Gasteiger partial charge >= 0.3 is 6.09 Å². The van der Waals surface area contributed by atoms with E-state index in [2.05, 4.69) is 12.6 Å². The molecule has 30 heavy (non-hydrogen) atoms. The van der Waals surface area contributed by atoms with E-state index in [0.717, 1.165) is 35.5 Å². The maximum absolute atomic E-state index is 13.5. The summed E-state index contributed by atoms with van der Waals surface area (Å²) in [5, 5.41) is 0. The van der Waals surface area contributed by atoms with Crippen LogP contribution in [0.25, 0.3) is 0 Å². The summed E-state index contributed by atoms with van der Waals surface area (Å²) in [6.07, 6.45) is 2.36. The average Bonchev–Trinajstić information content (AvgIpc) is 2.63. The van der Waals surface area contributed by atoms with Gasteiger partial charge in [0.2, 0.25) is 5.92 Å². The number of alkyl halides is 2. The molecule has 0 saturated heterocycles. The fourth-order valence-electron chi connectivity index (χ4n) is 3.56. The molecule has 0 N–H and O–H groups in total. The molecule has 0 aromatic heterocycles. The van der Waals surface area contributed by atoms with Crippen LogP contribution in [0, 0.1) is 6.92 Å². The van der Waals surface area contributed by atoms with Gasteiger partial charge < -0.3 is 14.4 Å². The van der Waals surface area contributed by atoms with Crippen LogP contribution in [-0.2, 0) is 4.74 Å². The number of unbranched alkanes of at least 4 members (excludes halogenated alkanes) is 2. The van der Waals surface area contributed by atoms with E-state index in [9.17, 15) is 13.6 Å². The van der Waals surface area contributed by atoms with Crippen LogP contribution in [0.5, 0.6) is 5.75 Å². The van der Waals surface area contributed by atoms with Crippen molar-refractivity contribution >= 4 is 18.7 Å². The molecule has 1 amide bonds. The van der Waals surface area contributed by atoms with Crippen LogP contribution in [0.15, 0.2) is 23.1 Å². The predicted molar refractivity (Wildman–Crippen MR) is 118 cm³/mol. The van der Waals surface area contributed by atoms with E-state index in [0.29, 0.717) is 26.0 Å². The molecule has 0 radical (unpaired) electrons. The molecule has 1 saturated carbocycles. The van der Waals surface area contributed by atoms with E-state index in [1.54, 1.807) is 4.90 Å². The number of benzene rings is 1. The number of carbonyl (C=O) groups is 1. The largest absolute Gasteiger partial charge is 0.492 e. The number of amides is 1. The summed E-state index contributed by atoms with van der Waals surface area (Å²) in [4.78, 5) is 15.1. The highest BCUT2D eigenvalue weighted by Crippen LogP contribution is 2.35. The molecule has 1 aliphatic carbocycles. The van der Waals surface area contributed by atoms with Crippen molar-refractivity contribution < 1.29 is 23.0 Å². The van der Waals surface area contributed by atoms with E-state index < -0.39 is 17.6 Å². The van der Waals surface area contributed by atoms with Crippen LogP contribution in [0.2, 0.25) is 0 Å². The van der Waals surface area contributed by atoms with E-state index in [1.165, 1.54) is 0 Å². The second-order valence-corrected chi connectivity index (χ2v) is 9.62. The monoisotopic (exact) mass is 443 g/mol. The van der Waals surface area contributed by atoms with Crippen LogP contribution in [0.1, 0.15) is 71.3 Å². The summed E-state index contributed by atoms with van der Waals surface area (Å²) in [7, 11) is 0. The highest BCUT2D eigenvalue weighted by atomic mass is 32.1. The maximum atomic E-state index is 13.5. The second kappa shape index (κ2) is 10.7. The standard InChI is InChI=1S/C23H35F2NO3S/c1-17-8-9-20(30)19(16-17)28-15-7-5-6-14-26(21(27)29-22(2,3)4)18-10-12-23(24,25)13-11-18/h8-9,16,18,30H,5-7,10-15H2,1-4H3. The molecule has 170 valence electrons. The van der Waals surface area contributed by atoms with Gasteiger partial charge in [-0.2, -0.15) is 0 Å². The Balaban J connectivity index is 1.82. The molecule has 7 heteroatoms. The van der Waals surface area contributed by atoms with Gasteiger partial charge in [0.05, 0.1) is 6.61 Å². The number of halogens is 2. The first kappa shape index (κ1) is 24.8. The zero-order valence-electron chi connectivity index (χ0n) is 18.5. The van der Waals surface area contributed by atoms with E-state index in [-0.39, 0.29) is 18.9 Å². The number of hydrogen-bond donors (Lipinski definition) is 1. The minimum Gasteiger partial charge on any atom is -0.492 e. The van der Waals surface area contributed by atoms with Gasteiger partial charge in [0.1, 0.15) is 11.4 Å². The molecule has 0 unspecified atom stereocenters. The number of carbonyl (C=O) groups excluding carboxylic acids is 1. The topological polar surface area (TPSA) is 38.8 Å². The molecule has 0 aliphatic heterocycles. The minimum atomic E-state index is -2.62. The van der Waals surface area contributed by atoms with Crippen molar-refractivity contribution in [2.24, 2.45) is 0 Å². The molecule has 1 aromatic carbocycles. The normalized spacial score (nSPS) is 16.9. The minimum absolute atomic E-state index is 0.173. The average molecular weight is 444 g/mol. The second-order valence-electron chi connectivity index (χ2n) is 9.14. The number of nitrogens with zero attached hydrogens (tertiary/aromatic N) is 1. The molecule has 4 nitrogen and oxygen atoms in total. The first-order chi connectivity index (χ1) is 14.0. The summed E-state index contributed by atoms with van der Waals surface area (Å²) < 4.78 is 38.4. The highest BCUT2D eigenvalue weighted by Gasteiger charge is 2.39. The summed E-state index contributed by atoms with van der Waals surface area (Å²) >= 11 is 4.41. The highest BCUT2D eigenvalue weighted by molar-refractivity contribution is 7.80. The van der Waals surface area contributed by atoms with Crippen LogP contribution in [0.3, 0.4) is 0 Å². The zero-order chi connectivity index (χ0) is 22.4. The molecular formula is C23H35F2NO3S. The van der Waals surface area contributed by atoms with Crippen molar-refractivity contribution in [3.05, 3.63) is 23.8 Å². The van der Waals surface area contributed by atoms with Crippen LogP contribution >= 0.6 is 12.6 Å². The molecule has 1 aliphatic rings. The van der Waals surface area contributed by atoms with Gasteiger partial charge in [-0.25, -0.2) is 13.6 Å². The Morgan fingerprint density at radius 3 is 2.50 bits per heavy atom. The Morgan fingerprint density at radius 2 is 1.87 bits per heavy atom. The van der Waals surface area contributed by atoms with Gasteiger partial charge in [0.15, 0.2) is 0 Å². The molecule has 0 atom stereocenters. The Morgan fingerprint density at radius 1 is 1.20 bits per heavy atom. The Hall–Kier alpha value is -1.50. The summed E-state index contributed by atoms with van der Waals surface area (Å²) in [5.41, 5.74) is 0.508. The van der Waals surface area contributed by atoms with Gasteiger partial charge in [-0.05, 0) is 77.5 Å². The number of ether oxygens (including phenoxy) is 2. The van der Waals surface area contributed by atoms with Gasteiger partial charge in [-0.1, -0.05) is 6.07 Å². The molecule has 0 bridgehead atoms. The summed E-state index contributed by atoms with van der Waals surface area (Å²) in [6, 6.07) is 5.68. The molecular weight excluding hydrogens is 408 g/mol. The van der Waals surface area contributed by atoms with E-state index in [1.807, 2.05) is 45.9 Å². The number of aryl methyl sites for hydroxylation is 1. The first-order valence-electron chi connectivity index (χ1n) is 10.8. The molecule has 1 aromatic rings. The number of hydrogen-bond acceptors (Lipinski definition) is 4. The van der Waals surface area contributed by atoms with Gasteiger partial charge in [-0.3, -0.25) is 0 Å². The van der Waals surface area contributed by atoms with Crippen molar-refractivity contribution in [2.75, 3.05) is 13.2 Å². The van der Waals surface area contributed by atoms with Crippen LogP contribution in [-0.4, -0.2) is 41.7 Å². The Kier molecular flexibility index (Phi) is 8.83. The SMILES string of the molecule is Cc1ccc(S)c(OCCCCCN(C(=O)OC(C)(C)C)C2CCC(F)(F)CC2)c1. The summed E-state index contributed by atoms with van der Waals surface area (Å²) in [6.45, 7) is 8.53. The molecule has 0 spiro atoms. The molecule has 0 heterocycles. The number of thiol groups is 1. The molecule has 1 fully saturated rings. The lowest BCUT2D eigenvalue weighted by molar-refractivity contribution is -0.0571. The van der Waals surface area contributed by atoms with Gasteiger partial charge in [0, 0.05) is 30.3 Å². The van der Waals surface area contributed by atoms with Crippen LogP contribution < -0.4 is 4.74 Å². The third-order valence-corrected chi connectivity index (χ3v) is 5.54. The Bertz CT molecular complexity index is 696. The first-order valence-corrected chi connectivity index (χ1v) is 11.2. The zero-order valence-corrected chi connectivity index (χ0v) is 19.4. The summed E-state index contributed by atoms with van der Waals surface area (Å²) in [5.74, 6) is -1.84. The fraction of sp³-hybridized carbons (Fsp3) is 0.696. The lowest BCUT2D eigenvalue weighted by atomic mass is 9.91. The Labute approximate surface area is 184 Å². The lowest BCUT2D eigenvalue weighted by Crippen LogP contribution is -2.46. The van der Waals surface area contributed by atoms with Crippen molar-refractivity contribution in [3.8, 4) is 5.75 Å². The van der Waals surface area contributed by atoms with Crippen molar-refractivity contribution in [3.63, 3.8) is 0 Å². The quantitative estimate of drug-likeness (QED) is 0.361. The maximum Gasteiger partial charge on any atom is 0.410 e. The van der Waals surface area contributed by atoms with E-state index >= 15 is 0 Å². The lowest BCUT2D eigenvalue weighted by Gasteiger charge is -2.37. The van der Waals surface area contributed by atoms with Crippen molar-refractivity contribution in [2.45, 2.75) is 95.1 Å². The smallest absolute Gasteiger partial charge is 0.410 e. The van der Waals surface area contributed by atoms with Gasteiger partial charge in [0.25, 0.3) is 0 Å². The van der Waals surface area contributed by atoms with Gasteiger partial charge in [-0.15, -0.1) is 12.6 Å². The number of rotatable bonds is 8. The predicted octanol–water partition coefficient (Wildman–Crippen LogP) is 6.65. The third kappa shape index (κ3) is 8.32. The van der Waals surface area contributed by atoms with E-state index in [4.69, 9.17) is 9.47 Å². The van der Waals surface area contributed by atoms with Crippen molar-refractivity contribution in [1.82, 2.24) is 4.90 Å².